The van der Waals surface area contributed by atoms with Crippen LogP contribution in [0.1, 0.15) is 21.5 Å². The molecule has 3 aromatic rings. The van der Waals surface area contributed by atoms with Crippen LogP contribution in [0.3, 0.4) is 0 Å². The summed E-state index contributed by atoms with van der Waals surface area (Å²) < 4.78 is 10.8. The van der Waals surface area contributed by atoms with Crippen molar-refractivity contribution in [1.29, 1.82) is 0 Å². The Morgan fingerprint density at radius 3 is 2.16 bits per heavy atom. The Morgan fingerprint density at radius 2 is 1.44 bits per heavy atom. The topological polar surface area (TPSA) is 120 Å². The lowest BCUT2D eigenvalue weighted by atomic mass is 10.0. The molecule has 8 heteroatoms. The van der Waals surface area contributed by atoms with Gasteiger partial charge < -0.3 is 15.2 Å². The maximum Gasteiger partial charge on any atom is 0.276 e. The van der Waals surface area contributed by atoms with E-state index in [-0.39, 0.29) is 13.2 Å². The lowest BCUT2D eigenvalue weighted by Crippen LogP contribution is -2.43. The van der Waals surface area contributed by atoms with E-state index < -0.39 is 17.7 Å². The fourth-order valence-electron chi connectivity index (χ4n) is 2.84. The molecule has 0 bridgehead atoms. The molecule has 0 saturated carbocycles. The van der Waals surface area contributed by atoms with Gasteiger partial charge in [-0.2, -0.15) is 0 Å². The molecule has 0 radical (unpaired) electrons. The summed E-state index contributed by atoms with van der Waals surface area (Å²) in [6.07, 6.45) is 0.675. The number of hydrazine groups is 1. The monoisotopic (exact) mass is 433 g/mol. The largest absolute Gasteiger partial charge is 0.484 e. The maximum atomic E-state index is 12.2. The number of rotatable bonds is 9. The van der Waals surface area contributed by atoms with Crippen LogP contribution in [-0.2, 0) is 16.0 Å². The van der Waals surface area contributed by atoms with Crippen LogP contribution in [0.25, 0.3) is 0 Å². The van der Waals surface area contributed by atoms with E-state index in [0.717, 1.165) is 11.1 Å². The lowest BCUT2D eigenvalue weighted by molar-refractivity contribution is -0.124. The molecule has 0 aliphatic rings. The number of carbonyl (C=O) groups is 3. The van der Waals surface area contributed by atoms with E-state index in [4.69, 9.17) is 15.2 Å². The van der Waals surface area contributed by atoms with Crippen LogP contribution in [-0.4, -0.2) is 30.9 Å². The average molecular weight is 433 g/mol. The fraction of sp³-hybridized carbons (Fsp3) is 0.125. The minimum Gasteiger partial charge on any atom is -0.484 e. The van der Waals surface area contributed by atoms with E-state index >= 15 is 0 Å². The second-order valence-electron chi connectivity index (χ2n) is 6.84. The van der Waals surface area contributed by atoms with E-state index in [9.17, 15) is 14.4 Å². The highest BCUT2D eigenvalue weighted by Crippen LogP contribution is 2.21. The van der Waals surface area contributed by atoms with E-state index in [1.165, 1.54) is 24.3 Å². The Bertz CT molecular complexity index is 1070. The van der Waals surface area contributed by atoms with Crippen molar-refractivity contribution < 1.29 is 23.9 Å². The van der Waals surface area contributed by atoms with Crippen LogP contribution < -0.4 is 26.1 Å². The third-order valence-corrected chi connectivity index (χ3v) is 4.38. The molecular formula is C24H23N3O5. The number of nitrogens with two attached hydrogens (primary N) is 1. The highest BCUT2D eigenvalue weighted by Gasteiger charge is 2.10. The van der Waals surface area contributed by atoms with Crippen molar-refractivity contribution in [2.45, 2.75) is 6.42 Å². The van der Waals surface area contributed by atoms with Crippen LogP contribution in [0.15, 0.2) is 78.9 Å². The minimum atomic E-state index is -0.598. The highest BCUT2D eigenvalue weighted by molar-refractivity contribution is 5.95. The molecule has 164 valence electrons. The number of amides is 3. The summed E-state index contributed by atoms with van der Waals surface area (Å²) in [4.78, 5) is 35.0. The van der Waals surface area contributed by atoms with Crippen molar-refractivity contribution in [1.82, 2.24) is 10.9 Å². The van der Waals surface area contributed by atoms with E-state index in [1.54, 1.807) is 6.07 Å². The molecule has 4 N–H and O–H groups in total. The number of carbonyl (C=O) groups excluding carboxylic acids is 3. The summed E-state index contributed by atoms with van der Waals surface area (Å²) in [5.41, 5.74) is 12.0. The zero-order chi connectivity index (χ0) is 22.8. The summed E-state index contributed by atoms with van der Waals surface area (Å²) in [6, 6.07) is 23.5. The second-order valence-corrected chi connectivity index (χ2v) is 6.84. The number of benzene rings is 3. The number of para-hydroxylation sites is 1. The average Bonchev–Trinajstić information content (AvgIpc) is 2.81. The van der Waals surface area contributed by atoms with Gasteiger partial charge in [0.25, 0.3) is 17.7 Å². The quantitative estimate of drug-likeness (QED) is 0.446. The summed E-state index contributed by atoms with van der Waals surface area (Å²) >= 11 is 0. The van der Waals surface area contributed by atoms with Gasteiger partial charge in [0.15, 0.2) is 13.2 Å². The summed E-state index contributed by atoms with van der Waals surface area (Å²) in [6.45, 7) is -0.512. The SMILES string of the molecule is NC(=O)COc1ccc(C(=O)NNC(=O)COc2ccccc2Cc2ccccc2)cc1. The minimum absolute atomic E-state index is 0.254. The Kier molecular flexibility index (Phi) is 7.80. The van der Waals surface area contributed by atoms with Crippen molar-refractivity contribution in [3.05, 3.63) is 95.6 Å². The molecule has 3 aromatic carbocycles. The number of hydrogen-bond acceptors (Lipinski definition) is 5. The Morgan fingerprint density at radius 1 is 0.750 bits per heavy atom. The van der Waals surface area contributed by atoms with E-state index in [2.05, 4.69) is 10.9 Å². The molecule has 0 atom stereocenters. The smallest absolute Gasteiger partial charge is 0.276 e. The van der Waals surface area contributed by atoms with Crippen LogP contribution in [0.2, 0.25) is 0 Å². The van der Waals surface area contributed by atoms with Gasteiger partial charge >= 0.3 is 0 Å². The van der Waals surface area contributed by atoms with Crippen LogP contribution >= 0.6 is 0 Å². The van der Waals surface area contributed by atoms with Gasteiger partial charge in [0, 0.05) is 12.0 Å². The van der Waals surface area contributed by atoms with Gasteiger partial charge in [-0.05, 0) is 41.5 Å². The second kappa shape index (κ2) is 11.2. The van der Waals surface area contributed by atoms with Crippen molar-refractivity contribution in [3.8, 4) is 11.5 Å². The lowest BCUT2D eigenvalue weighted by Gasteiger charge is -2.12. The molecule has 0 aliphatic heterocycles. The van der Waals surface area contributed by atoms with Crippen LogP contribution in [0.5, 0.6) is 11.5 Å². The van der Waals surface area contributed by atoms with Gasteiger partial charge in [-0.15, -0.1) is 0 Å². The maximum absolute atomic E-state index is 12.2. The summed E-state index contributed by atoms with van der Waals surface area (Å²) in [7, 11) is 0. The molecule has 3 amide bonds. The zero-order valence-corrected chi connectivity index (χ0v) is 17.2. The number of ether oxygens (including phenoxy) is 2. The molecule has 0 spiro atoms. The molecule has 0 aliphatic carbocycles. The standard InChI is InChI=1S/C24H23N3O5/c25-22(28)15-31-20-12-10-18(11-13-20)24(30)27-26-23(29)16-32-21-9-5-4-8-19(21)14-17-6-2-1-3-7-17/h1-13H,14-16H2,(H2,25,28)(H,26,29)(H,27,30). The van der Waals surface area contributed by atoms with Crippen LogP contribution in [0.4, 0.5) is 0 Å². The van der Waals surface area contributed by atoms with Crippen molar-refractivity contribution in [2.75, 3.05) is 13.2 Å². The molecule has 0 aromatic heterocycles. The van der Waals surface area contributed by atoms with E-state index in [1.807, 2.05) is 48.5 Å². The fourth-order valence-corrected chi connectivity index (χ4v) is 2.84. The first-order valence-electron chi connectivity index (χ1n) is 9.86. The van der Waals surface area contributed by atoms with Crippen molar-refractivity contribution in [3.63, 3.8) is 0 Å². The molecule has 3 rings (SSSR count). The number of nitrogens with one attached hydrogen (secondary N) is 2. The van der Waals surface area contributed by atoms with Gasteiger partial charge in [-0.25, -0.2) is 0 Å². The van der Waals surface area contributed by atoms with Gasteiger partial charge in [0.05, 0.1) is 0 Å². The highest BCUT2D eigenvalue weighted by atomic mass is 16.5. The predicted octanol–water partition coefficient (Wildman–Crippen LogP) is 1.98. The van der Waals surface area contributed by atoms with Gasteiger partial charge in [0.1, 0.15) is 11.5 Å². The first kappa shape index (κ1) is 22.4. The molecule has 0 unspecified atom stereocenters. The molecular weight excluding hydrogens is 410 g/mol. The van der Waals surface area contributed by atoms with Gasteiger partial charge in [-0.3, -0.25) is 25.2 Å². The Labute approximate surface area is 185 Å². The molecule has 0 fully saturated rings. The first-order valence-corrected chi connectivity index (χ1v) is 9.86. The van der Waals surface area contributed by atoms with Gasteiger partial charge in [-0.1, -0.05) is 48.5 Å². The predicted molar refractivity (Wildman–Crippen MR) is 118 cm³/mol. The third kappa shape index (κ3) is 6.88. The van der Waals surface area contributed by atoms with E-state index in [0.29, 0.717) is 23.5 Å². The Balaban J connectivity index is 1.47. The molecule has 32 heavy (non-hydrogen) atoms. The van der Waals surface area contributed by atoms with Crippen molar-refractivity contribution >= 4 is 17.7 Å². The molecule has 0 saturated heterocycles. The number of primary amides is 1. The van der Waals surface area contributed by atoms with Crippen LogP contribution in [0, 0.1) is 0 Å². The Hall–Kier alpha value is -4.33. The van der Waals surface area contributed by atoms with Crippen molar-refractivity contribution in [2.24, 2.45) is 5.73 Å². The molecule has 8 nitrogen and oxygen atoms in total. The third-order valence-electron chi connectivity index (χ3n) is 4.38. The number of hydrogen-bond donors (Lipinski definition) is 3. The zero-order valence-electron chi connectivity index (χ0n) is 17.2. The molecule has 0 heterocycles. The first-order chi connectivity index (χ1) is 15.5. The normalized spacial score (nSPS) is 10.1. The van der Waals surface area contributed by atoms with Gasteiger partial charge in [0.2, 0.25) is 0 Å². The summed E-state index contributed by atoms with van der Waals surface area (Å²) in [5.74, 6) is -0.616. The summed E-state index contributed by atoms with van der Waals surface area (Å²) in [5, 5.41) is 0.